The van der Waals surface area contributed by atoms with E-state index < -0.39 is 18.2 Å². The van der Waals surface area contributed by atoms with Crippen LogP contribution in [0.4, 0.5) is 10.5 Å². The molecule has 3 aliphatic rings. The van der Waals surface area contributed by atoms with Gasteiger partial charge in [0, 0.05) is 38.3 Å². The number of morpholine rings is 1. The lowest BCUT2D eigenvalue weighted by atomic mass is 9.98. The van der Waals surface area contributed by atoms with E-state index in [2.05, 4.69) is 28.3 Å². The Kier molecular flexibility index (Phi) is 9.38. The SMILES string of the molecule is C#CCN1CC(=O)N2C(CN(Cc3cccc(N4CCOCC4)c3)C(=O)[C@@H]2Cc2ccc(O)cc2)N1C(=O)NCc1ccccc1. The smallest absolute Gasteiger partial charge is 0.334 e. The quantitative estimate of drug-likeness (QED) is 0.372. The number of carbonyl (C=O) groups excluding carboxylic acids is 3. The maximum Gasteiger partial charge on any atom is 0.334 e. The Labute approximate surface area is 268 Å². The molecule has 0 saturated carbocycles. The molecule has 0 radical (unpaired) electrons. The third-order valence-electron chi connectivity index (χ3n) is 8.62. The van der Waals surface area contributed by atoms with E-state index >= 15 is 0 Å². The minimum atomic E-state index is -0.865. The van der Waals surface area contributed by atoms with Gasteiger partial charge in [0.05, 0.1) is 32.8 Å². The second-order valence-corrected chi connectivity index (χ2v) is 11.7. The number of fused-ring (bicyclic) bond motifs is 1. The molecule has 238 valence electrons. The fourth-order valence-corrected chi connectivity index (χ4v) is 6.38. The number of hydrazine groups is 1. The standard InChI is InChI=1S/C35H38N6O5/c1-2-15-39-25-33(43)40-31(21-26-11-13-30(42)14-12-26)34(44)38(23-28-9-6-10-29(20-28)37-16-18-46-19-17-37)24-32(40)41(39)35(45)36-22-27-7-4-3-5-8-27/h1,3-14,20,31-32,42H,15-19,21-25H2,(H,36,45)/t31-,32?/m0/s1. The van der Waals surface area contributed by atoms with Crippen LogP contribution in [0.2, 0.25) is 0 Å². The number of phenols is 1. The van der Waals surface area contributed by atoms with Gasteiger partial charge >= 0.3 is 6.03 Å². The summed E-state index contributed by atoms with van der Waals surface area (Å²) < 4.78 is 5.52. The lowest BCUT2D eigenvalue weighted by Gasteiger charge is -2.55. The summed E-state index contributed by atoms with van der Waals surface area (Å²) in [4.78, 5) is 47.5. The zero-order valence-corrected chi connectivity index (χ0v) is 25.6. The van der Waals surface area contributed by atoms with Gasteiger partial charge in [-0.15, -0.1) is 6.42 Å². The Hall–Kier alpha value is -5.05. The summed E-state index contributed by atoms with van der Waals surface area (Å²) in [6, 6.07) is 23.0. The molecular weight excluding hydrogens is 584 g/mol. The molecule has 1 unspecified atom stereocenters. The van der Waals surface area contributed by atoms with E-state index in [1.165, 1.54) is 5.01 Å². The molecule has 0 aromatic heterocycles. The lowest BCUT2D eigenvalue weighted by Crippen LogP contribution is -2.76. The number of ether oxygens (including phenoxy) is 1. The molecule has 6 rings (SSSR count). The van der Waals surface area contributed by atoms with Gasteiger partial charge in [-0.2, -0.15) is 5.01 Å². The van der Waals surface area contributed by atoms with Crippen molar-refractivity contribution in [2.24, 2.45) is 0 Å². The molecular formula is C35H38N6O5. The molecule has 46 heavy (non-hydrogen) atoms. The molecule has 0 bridgehead atoms. The van der Waals surface area contributed by atoms with Crippen molar-refractivity contribution >= 4 is 23.5 Å². The Morgan fingerprint density at radius 2 is 1.70 bits per heavy atom. The van der Waals surface area contributed by atoms with Crippen molar-refractivity contribution in [3.63, 3.8) is 0 Å². The van der Waals surface area contributed by atoms with Crippen molar-refractivity contribution in [1.29, 1.82) is 0 Å². The number of amides is 4. The van der Waals surface area contributed by atoms with Gasteiger partial charge in [-0.05, 0) is 41.0 Å². The molecule has 3 aromatic carbocycles. The number of hydrogen-bond acceptors (Lipinski definition) is 7. The lowest BCUT2D eigenvalue weighted by molar-refractivity contribution is -0.189. The summed E-state index contributed by atoms with van der Waals surface area (Å²) in [7, 11) is 0. The van der Waals surface area contributed by atoms with Gasteiger partial charge in [-0.25, -0.2) is 9.80 Å². The van der Waals surface area contributed by atoms with Crippen molar-refractivity contribution in [1.82, 2.24) is 25.1 Å². The van der Waals surface area contributed by atoms with Crippen LogP contribution in [-0.2, 0) is 33.8 Å². The fourth-order valence-electron chi connectivity index (χ4n) is 6.38. The molecule has 3 aromatic rings. The van der Waals surface area contributed by atoms with Gasteiger partial charge in [0.15, 0.2) is 0 Å². The molecule has 3 fully saturated rings. The second-order valence-electron chi connectivity index (χ2n) is 11.7. The van der Waals surface area contributed by atoms with Crippen molar-refractivity contribution in [3.8, 4) is 18.1 Å². The maximum absolute atomic E-state index is 14.3. The molecule has 4 amide bonds. The predicted octanol–water partition coefficient (Wildman–Crippen LogP) is 2.41. The average Bonchev–Trinajstić information content (AvgIpc) is 3.07. The van der Waals surface area contributed by atoms with Gasteiger partial charge < -0.3 is 29.9 Å². The first kappa shape index (κ1) is 31.0. The van der Waals surface area contributed by atoms with Crippen molar-refractivity contribution < 1.29 is 24.2 Å². The Morgan fingerprint density at radius 1 is 0.957 bits per heavy atom. The zero-order valence-electron chi connectivity index (χ0n) is 25.6. The first-order valence-electron chi connectivity index (χ1n) is 15.5. The Bertz CT molecular complexity index is 1590. The third kappa shape index (κ3) is 6.78. The maximum atomic E-state index is 14.3. The molecule has 3 saturated heterocycles. The molecule has 0 spiro atoms. The van der Waals surface area contributed by atoms with Crippen LogP contribution >= 0.6 is 0 Å². The highest BCUT2D eigenvalue weighted by molar-refractivity contribution is 5.91. The van der Waals surface area contributed by atoms with E-state index in [9.17, 15) is 19.5 Å². The number of piperazine rings is 1. The van der Waals surface area contributed by atoms with Gasteiger partial charge in [0.1, 0.15) is 18.0 Å². The zero-order chi connectivity index (χ0) is 32.0. The van der Waals surface area contributed by atoms with E-state index in [1.807, 2.05) is 42.5 Å². The number of nitrogens with zero attached hydrogens (tertiary/aromatic N) is 5. The van der Waals surface area contributed by atoms with Gasteiger partial charge in [-0.1, -0.05) is 60.5 Å². The number of rotatable bonds is 8. The number of carbonyl (C=O) groups is 3. The summed E-state index contributed by atoms with van der Waals surface area (Å²) in [5, 5.41) is 15.9. The first-order chi connectivity index (χ1) is 22.4. The number of aromatic hydroxyl groups is 1. The van der Waals surface area contributed by atoms with Gasteiger partial charge in [-0.3, -0.25) is 9.59 Å². The number of nitrogens with one attached hydrogen (secondary N) is 1. The summed E-state index contributed by atoms with van der Waals surface area (Å²) in [5.74, 6) is 2.21. The predicted molar refractivity (Wildman–Crippen MR) is 172 cm³/mol. The highest BCUT2D eigenvalue weighted by Gasteiger charge is 2.51. The molecule has 0 aliphatic carbocycles. The summed E-state index contributed by atoms with van der Waals surface area (Å²) in [5.41, 5.74) is 3.71. The van der Waals surface area contributed by atoms with Crippen LogP contribution in [0.5, 0.6) is 5.75 Å². The number of anilines is 1. The van der Waals surface area contributed by atoms with Crippen LogP contribution in [0.15, 0.2) is 78.9 Å². The molecule has 2 atom stereocenters. The molecule has 3 heterocycles. The van der Waals surface area contributed by atoms with E-state index in [1.54, 1.807) is 39.1 Å². The van der Waals surface area contributed by atoms with Crippen molar-refractivity contribution in [2.75, 3.05) is 50.8 Å². The number of phenolic OH excluding ortho intramolecular Hbond substituents is 1. The van der Waals surface area contributed by atoms with Gasteiger partial charge in [0.2, 0.25) is 11.8 Å². The number of urea groups is 1. The van der Waals surface area contributed by atoms with E-state index in [0.29, 0.717) is 19.8 Å². The Morgan fingerprint density at radius 3 is 2.43 bits per heavy atom. The van der Waals surface area contributed by atoms with Crippen LogP contribution in [0.3, 0.4) is 0 Å². The fraction of sp³-hybridized carbons (Fsp3) is 0.343. The highest BCUT2D eigenvalue weighted by atomic mass is 16.5. The molecule has 3 aliphatic heterocycles. The van der Waals surface area contributed by atoms with Crippen LogP contribution in [-0.4, -0.2) is 101 Å². The summed E-state index contributed by atoms with van der Waals surface area (Å²) in [6.07, 6.45) is 5.14. The topological polar surface area (TPSA) is 109 Å². The highest BCUT2D eigenvalue weighted by Crippen LogP contribution is 2.30. The van der Waals surface area contributed by atoms with Crippen LogP contribution in [0.25, 0.3) is 0 Å². The number of terminal acetylenes is 1. The number of hydrogen-bond donors (Lipinski definition) is 2. The summed E-state index contributed by atoms with van der Waals surface area (Å²) in [6.45, 7) is 3.51. The van der Waals surface area contributed by atoms with Gasteiger partial charge in [0.25, 0.3) is 0 Å². The largest absolute Gasteiger partial charge is 0.508 e. The van der Waals surface area contributed by atoms with E-state index in [4.69, 9.17) is 11.2 Å². The third-order valence-corrected chi connectivity index (χ3v) is 8.62. The number of benzene rings is 3. The minimum Gasteiger partial charge on any atom is -0.508 e. The average molecular weight is 623 g/mol. The van der Waals surface area contributed by atoms with E-state index in [-0.39, 0.29) is 50.2 Å². The first-order valence-corrected chi connectivity index (χ1v) is 15.5. The monoisotopic (exact) mass is 622 g/mol. The van der Waals surface area contributed by atoms with E-state index in [0.717, 1.165) is 35.5 Å². The van der Waals surface area contributed by atoms with Crippen molar-refractivity contribution in [3.05, 3.63) is 95.6 Å². The molecule has 2 N–H and O–H groups in total. The molecule has 11 nitrogen and oxygen atoms in total. The summed E-state index contributed by atoms with van der Waals surface area (Å²) >= 11 is 0. The normalized spacial score (nSPS) is 20.3. The van der Waals surface area contributed by atoms with Crippen LogP contribution in [0, 0.1) is 12.3 Å². The van der Waals surface area contributed by atoms with Crippen LogP contribution < -0.4 is 10.2 Å². The van der Waals surface area contributed by atoms with Crippen molar-refractivity contribution in [2.45, 2.75) is 31.7 Å². The molecule has 11 heteroatoms. The van der Waals surface area contributed by atoms with Crippen LogP contribution in [0.1, 0.15) is 16.7 Å². The second kappa shape index (κ2) is 13.9. The Balaban J connectivity index is 1.32. The minimum absolute atomic E-state index is 0.0486.